The van der Waals surface area contributed by atoms with Gasteiger partial charge >= 0.3 is 11.8 Å². The van der Waals surface area contributed by atoms with Crippen molar-refractivity contribution >= 4 is 18.0 Å². The summed E-state index contributed by atoms with van der Waals surface area (Å²) in [6.45, 7) is 1.80. The summed E-state index contributed by atoms with van der Waals surface area (Å²) in [7, 11) is 3.07. The van der Waals surface area contributed by atoms with Crippen molar-refractivity contribution in [3.05, 3.63) is 59.7 Å². The standard InChI is InChI=1S/C19H21N3O4/c1-13(14-7-5-4-6-8-14)21-18(23)19(24)22-20-12-15-11-16(25-2)9-10-17(15)26-3/h4-13H,1-3H3,(H,21,23)(H,22,24)/b20-12-/t13-/m1/s1. The predicted molar refractivity (Wildman–Crippen MR) is 98.3 cm³/mol. The average molecular weight is 355 g/mol. The molecule has 2 aromatic rings. The molecule has 136 valence electrons. The van der Waals surface area contributed by atoms with E-state index in [0.717, 1.165) is 5.56 Å². The molecule has 0 fully saturated rings. The van der Waals surface area contributed by atoms with Crippen molar-refractivity contribution in [2.24, 2.45) is 5.10 Å². The third kappa shape index (κ3) is 5.07. The van der Waals surface area contributed by atoms with Crippen LogP contribution in [0.1, 0.15) is 24.1 Å². The normalized spacial score (nSPS) is 11.7. The minimum atomic E-state index is -0.856. The molecular formula is C19H21N3O4. The van der Waals surface area contributed by atoms with Gasteiger partial charge in [0.15, 0.2) is 0 Å². The lowest BCUT2D eigenvalue weighted by molar-refractivity contribution is -0.139. The lowest BCUT2D eigenvalue weighted by atomic mass is 10.1. The van der Waals surface area contributed by atoms with Gasteiger partial charge in [-0.3, -0.25) is 9.59 Å². The number of nitrogens with one attached hydrogen (secondary N) is 2. The number of carbonyl (C=O) groups is 2. The van der Waals surface area contributed by atoms with E-state index in [9.17, 15) is 9.59 Å². The monoisotopic (exact) mass is 355 g/mol. The smallest absolute Gasteiger partial charge is 0.329 e. The first kappa shape index (κ1) is 19.0. The van der Waals surface area contributed by atoms with Crippen LogP contribution in [0, 0.1) is 0 Å². The maximum Gasteiger partial charge on any atom is 0.329 e. The molecule has 0 aliphatic heterocycles. The molecule has 2 rings (SSSR count). The van der Waals surface area contributed by atoms with E-state index in [-0.39, 0.29) is 6.04 Å². The summed E-state index contributed by atoms with van der Waals surface area (Å²) < 4.78 is 10.3. The molecule has 7 heteroatoms. The number of rotatable bonds is 6. The lowest BCUT2D eigenvalue weighted by Crippen LogP contribution is -2.39. The van der Waals surface area contributed by atoms with Crippen molar-refractivity contribution in [2.75, 3.05) is 14.2 Å². The fourth-order valence-corrected chi connectivity index (χ4v) is 2.24. The topological polar surface area (TPSA) is 89.0 Å². The molecule has 0 radical (unpaired) electrons. The Balaban J connectivity index is 1.95. The van der Waals surface area contributed by atoms with Gasteiger partial charge in [-0.1, -0.05) is 30.3 Å². The van der Waals surface area contributed by atoms with Gasteiger partial charge < -0.3 is 14.8 Å². The fraction of sp³-hybridized carbons (Fsp3) is 0.211. The van der Waals surface area contributed by atoms with Crippen molar-refractivity contribution in [2.45, 2.75) is 13.0 Å². The number of carbonyl (C=O) groups excluding carboxylic acids is 2. The highest BCUT2D eigenvalue weighted by Gasteiger charge is 2.16. The SMILES string of the molecule is COc1ccc(OC)c(/C=N\NC(=O)C(=O)N[C@H](C)c2ccccc2)c1. The van der Waals surface area contributed by atoms with Crippen LogP contribution in [-0.4, -0.2) is 32.2 Å². The molecule has 2 amide bonds. The maximum absolute atomic E-state index is 12.0. The van der Waals surface area contributed by atoms with Crippen LogP contribution in [0.25, 0.3) is 0 Å². The first-order valence-electron chi connectivity index (χ1n) is 7.96. The van der Waals surface area contributed by atoms with Crippen LogP contribution >= 0.6 is 0 Å². The zero-order valence-corrected chi connectivity index (χ0v) is 14.9. The van der Waals surface area contributed by atoms with Crippen LogP contribution in [0.5, 0.6) is 11.5 Å². The third-order valence-corrected chi connectivity index (χ3v) is 3.66. The van der Waals surface area contributed by atoms with Gasteiger partial charge in [-0.25, -0.2) is 5.43 Å². The Bertz CT molecular complexity index is 791. The molecule has 26 heavy (non-hydrogen) atoms. The summed E-state index contributed by atoms with van der Waals surface area (Å²) in [4.78, 5) is 23.8. The summed E-state index contributed by atoms with van der Waals surface area (Å²) in [5, 5.41) is 6.42. The average Bonchev–Trinajstić information content (AvgIpc) is 2.68. The largest absolute Gasteiger partial charge is 0.497 e. The zero-order chi connectivity index (χ0) is 18.9. The van der Waals surface area contributed by atoms with Gasteiger partial charge in [0.25, 0.3) is 0 Å². The quantitative estimate of drug-likeness (QED) is 0.471. The molecule has 0 unspecified atom stereocenters. The molecule has 0 saturated heterocycles. The molecule has 0 aliphatic carbocycles. The maximum atomic E-state index is 12.0. The van der Waals surface area contributed by atoms with Crippen LogP contribution in [0.2, 0.25) is 0 Å². The number of hydrazone groups is 1. The van der Waals surface area contributed by atoms with Gasteiger partial charge in [0.1, 0.15) is 11.5 Å². The second-order valence-electron chi connectivity index (χ2n) is 5.41. The Morgan fingerprint density at radius 1 is 1.04 bits per heavy atom. The highest BCUT2D eigenvalue weighted by molar-refractivity contribution is 6.35. The van der Waals surface area contributed by atoms with Crippen LogP contribution in [0.4, 0.5) is 0 Å². The van der Waals surface area contributed by atoms with E-state index in [0.29, 0.717) is 17.1 Å². The van der Waals surface area contributed by atoms with Crippen molar-refractivity contribution in [1.82, 2.24) is 10.7 Å². The molecule has 1 atom stereocenters. The summed E-state index contributed by atoms with van der Waals surface area (Å²) in [5.74, 6) is -0.444. The molecule has 0 saturated carbocycles. The number of hydrogen-bond donors (Lipinski definition) is 2. The summed E-state index contributed by atoms with van der Waals surface area (Å²) in [6.07, 6.45) is 1.38. The van der Waals surface area contributed by atoms with Gasteiger partial charge in [-0.15, -0.1) is 0 Å². The molecule has 0 aliphatic rings. The number of benzene rings is 2. The molecule has 0 bridgehead atoms. The van der Waals surface area contributed by atoms with Crippen LogP contribution < -0.4 is 20.2 Å². The molecule has 7 nitrogen and oxygen atoms in total. The second kappa shape index (κ2) is 9.22. The zero-order valence-electron chi connectivity index (χ0n) is 14.9. The first-order valence-corrected chi connectivity index (χ1v) is 7.96. The van der Waals surface area contributed by atoms with Gasteiger partial charge in [-0.2, -0.15) is 5.10 Å². The summed E-state index contributed by atoms with van der Waals surface area (Å²) >= 11 is 0. The van der Waals surface area contributed by atoms with E-state index >= 15 is 0 Å². The van der Waals surface area contributed by atoms with E-state index < -0.39 is 11.8 Å². The Morgan fingerprint density at radius 2 is 1.77 bits per heavy atom. The summed E-state index contributed by atoms with van der Waals surface area (Å²) in [6, 6.07) is 14.2. The van der Waals surface area contributed by atoms with Crippen LogP contribution in [0.3, 0.4) is 0 Å². The van der Waals surface area contributed by atoms with Gasteiger partial charge in [-0.05, 0) is 30.7 Å². The van der Waals surface area contributed by atoms with Crippen molar-refractivity contribution < 1.29 is 19.1 Å². The van der Waals surface area contributed by atoms with Crippen LogP contribution in [0.15, 0.2) is 53.6 Å². The number of nitrogens with zero attached hydrogens (tertiary/aromatic N) is 1. The molecule has 0 heterocycles. The lowest BCUT2D eigenvalue weighted by Gasteiger charge is -2.13. The van der Waals surface area contributed by atoms with E-state index in [1.54, 1.807) is 32.2 Å². The molecular weight excluding hydrogens is 334 g/mol. The Hall–Kier alpha value is -3.35. The third-order valence-electron chi connectivity index (χ3n) is 3.66. The van der Waals surface area contributed by atoms with E-state index in [1.165, 1.54) is 13.3 Å². The van der Waals surface area contributed by atoms with Gasteiger partial charge in [0.05, 0.1) is 26.5 Å². The van der Waals surface area contributed by atoms with Crippen molar-refractivity contribution in [3.63, 3.8) is 0 Å². The molecule has 2 aromatic carbocycles. The number of hydrogen-bond acceptors (Lipinski definition) is 5. The highest BCUT2D eigenvalue weighted by Crippen LogP contribution is 2.22. The fourth-order valence-electron chi connectivity index (χ4n) is 2.24. The Morgan fingerprint density at radius 3 is 2.42 bits per heavy atom. The van der Waals surface area contributed by atoms with Crippen molar-refractivity contribution in [1.29, 1.82) is 0 Å². The number of ether oxygens (including phenoxy) is 2. The van der Waals surface area contributed by atoms with Gasteiger partial charge in [0, 0.05) is 5.56 Å². The van der Waals surface area contributed by atoms with E-state index in [1.807, 2.05) is 30.3 Å². The molecule has 0 aromatic heterocycles. The Kier molecular flexibility index (Phi) is 6.73. The van der Waals surface area contributed by atoms with Crippen LogP contribution in [-0.2, 0) is 9.59 Å². The minimum absolute atomic E-state index is 0.295. The Labute approximate surface area is 152 Å². The molecule has 0 spiro atoms. The number of methoxy groups -OCH3 is 2. The van der Waals surface area contributed by atoms with Crippen molar-refractivity contribution in [3.8, 4) is 11.5 Å². The molecule has 2 N–H and O–H groups in total. The predicted octanol–water partition coefficient (Wildman–Crippen LogP) is 2.03. The first-order chi connectivity index (χ1) is 12.5. The van der Waals surface area contributed by atoms with Gasteiger partial charge in [0.2, 0.25) is 0 Å². The van der Waals surface area contributed by atoms with E-state index in [4.69, 9.17) is 9.47 Å². The highest BCUT2D eigenvalue weighted by atomic mass is 16.5. The van der Waals surface area contributed by atoms with E-state index in [2.05, 4.69) is 15.8 Å². The second-order valence-corrected chi connectivity index (χ2v) is 5.41. The number of amides is 2. The summed E-state index contributed by atoms with van der Waals surface area (Å²) in [5.41, 5.74) is 3.70. The minimum Gasteiger partial charge on any atom is -0.497 e.